The van der Waals surface area contributed by atoms with Crippen LogP contribution in [0.1, 0.15) is 40.5 Å². The van der Waals surface area contributed by atoms with Gasteiger partial charge in [0.1, 0.15) is 0 Å². The SMILES string of the molecule is CCCO[C@@H](C)[C@@H](NCC)/C(=C\F)CC. The summed E-state index contributed by atoms with van der Waals surface area (Å²) in [5.74, 6) is 0. The van der Waals surface area contributed by atoms with Gasteiger partial charge in [-0.15, -0.1) is 0 Å². The average Bonchev–Trinajstić information content (AvgIpc) is 2.26. The normalized spacial score (nSPS) is 16.5. The van der Waals surface area contributed by atoms with Gasteiger partial charge in [0.15, 0.2) is 0 Å². The zero-order chi connectivity index (χ0) is 11.7. The fraction of sp³-hybridized carbons (Fsp3) is 0.833. The Bertz CT molecular complexity index is 182. The van der Waals surface area contributed by atoms with Gasteiger partial charge >= 0.3 is 0 Å². The highest BCUT2D eigenvalue weighted by Gasteiger charge is 2.20. The third-order valence-electron chi connectivity index (χ3n) is 2.43. The van der Waals surface area contributed by atoms with Gasteiger partial charge in [-0.2, -0.15) is 0 Å². The number of ether oxygens (including phenoxy) is 1. The van der Waals surface area contributed by atoms with Crippen LogP contribution in [-0.2, 0) is 4.74 Å². The molecular weight excluding hydrogens is 193 g/mol. The Kier molecular flexibility index (Phi) is 8.62. The topological polar surface area (TPSA) is 21.3 Å². The molecule has 0 bridgehead atoms. The van der Waals surface area contributed by atoms with E-state index < -0.39 is 0 Å². The fourth-order valence-electron chi connectivity index (χ4n) is 1.58. The second-order valence-corrected chi connectivity index (χ2v) is 3.65. The van der Waals surface area contributed by atoms with Crippen molar-refractivity contribution in [1.82, 2.24) is 5.32 Å². The first-order valence-electron chi connectivity index (χ1n) is 5.85. The van der Waals surface area contributed by atoms with E-state index in [9.17, 15) is 4.39 Å². The molecule has 90 valence electrons. The van der Waals surface area contributed by atoms with Crippen LogP contribution in [0, 0.1) is 0 Å². The van der Waals surface area contributed by atoms with E-state index in [1.54, 1.807) is 0 Å². The van der Waals surface area contributed by atoms with Gasteiger partial charge in [0, 0.05) is 6.61 Å². The van der Waals surface area contributed by atoms with Crippen LogP contribution in [0.2, 0.25) is 0 Å². The van der Waals surface area contributed by atoms with Gasteiger partial charge < -0.3 is 10.1 Å². The van der Waals surface area contributed by atoms with Crippen molar-refractivity contribution in [2.45, 2.75) is 52.7 Å². The summed E-state index contributed by atoms with van der Waals surface area (Å²) >= 11 is 0. The molecule has 0 unspecified atom stereocenters. The molecule has 3 heteroatoms. The van der Waals surface area contributed by atoms with Crippen molar-refractivity contribution < 1.29 is 9.13 Å². The molecule has 0 amide bonds. The molecule has 0 aliphatic rings. The van der Waals surface area contributed by atoms with Crippen molar-refractivity contribution in [2.75, 3.05) is 13.2 Å². The van der Waals surface area contributed by atoms with Gasteiger partial charge in [-0.1, -0.05) is 20.8 Å². The van der Waals surface area contributed by atoms with Crippen molar-refractivity contribution in [3.05, 3.63) is 11.9 Å². The van der Waals surface area contributed by atoms with E-state index in [0.717, 1.165) is 25.1 Å². The summed E-state index contributed by atoms with van der Waals surface area (Å²) in [5, 5.41) is 3.26. The number of nitrogens with one attached hydrogen (secondary N) is 1. The van der Waals surface area contributed by atoms with Crippen LogP contribution < -0.4 is 5.32 Å². The number of likely N-dealkylation sites (N-methyl/N-ethyl adjacent to an activating group) is 1. The van der Waals surface area contributed by atoms with E-state index in [1.807, 2.05) is 20.8 Å². The smallest absolute Gasteiger partial charge is 0.0875 e. The van der Waals surface area contributed by atoms with E-state index in [2.05, 4.69) is 12.2 Å². The Hall–Kier alpha value is -0.410. The highest BCUT2D eigenvalue weighted by Crippen LogP contribution is 2.14. The standard InChI is InChI=1S/C12H24FNO/c1-5-8-15-10(4)12(14-7-3)11(6-2)9-13/h9-10,12,14H,5-8H2,1-4H3/b11-9-/t10-,12+/m0/s1. The lowest BCUT2D eigenvalue weighted by Gasteiger charge is -2.26. The third-order valence-corrected chi connectivity index (χ3v) is 2.43. The van der Waals surface area contributed by atoms with Crippen molar-refractivity contribution in [3.8, 4) is 0 Å². The number of rotatable bonds is 8. The molecule has 0 aliphatic heterocycles. The maximum atomic E-state index is 12.7. The molecule has 0 aliphatic carbocycles. The lowest BCUT2D eigenvalue weighted by molar-refractivity contribution is 0.0472. The van der Waals surface area contributed by atoms with E-state index in [0.29, 0.717) is 12.8 Å². The maximum Gasteiger partial charge on any atom is 0.0875 e. The Morgan fingerprint density at radius 3 is 2.47 bits per heavy atom. The molecule has 0 spiro atoms. The highest BCUT2D eigenvalue weighted by atomic mass is 19.1. The van der Waals surface area contributed by atoms with Crippen LogP contribution in [0.15, 0.2) is 11.9 Å². The van der Waals surface area contributed by atoms with Gasteiger partial charge in [-0.3, -0.25) is 0 Å². The molecule has 0 aromatic rings. The van der Waals surface area contributed by atoms with Crippen molar-refractivity contribution in [2.24, 2.45) is 0 Å². The maximum absolute atomic E-state index is 12.7. The summed E-state index contributed by atoms with van der Waals surface area (Å²) in [6.07, 6.45) is 2.43. The Morgan fingerprint density at radius 1 is 1.40 bits per heavy atom. The lowest BCUT2D eigenvalue weighted by Crippen LogP contribution is -2.41. The van der Waals surface area contributed by atoms with Gasteiger partial charge in [0.25, 0.3) is 0 Å². The molecule has 2 atom stereocenters. The van der Waals surface area contributed by atoms with E-state index in [1.165, 1.54) is 0 Å². The summed E-state index contributed by atoms with van der Waals surface area (Å²) in [7, 11) is 0. The molecule has 0 rings (SSSR count). The minimum Gasteiger partial charge on any atom is -0.377 e. The van der Waals surface area contributed by atoms with Crippen LogP contribution in [0.25, 0.3) is 0 Å². The molecular formula is C12H24FNO. The van der Waals surface area contributed by atoms with Crippen LogP contribution in [0.5, 0.6) is 0 Å². The quantitative estimate of drug-likeness (QED) is 0.674. The first-order valence-corrected chi connectivity index (χ1v) is 5.85. The summed E-state index contributed by atoms with van der Waals surface area (Å²) in [4.78, 5) is 0. The minimum absolute atomic E-state index is 0.00319. The highest BCUT2D eigenvalue weighted by molar-refractivity contribution is 5.09. The molecule has 0 saturated heterocycles. The Balaban J connectivity index is 4.35. The lowest BCUT2D eigenvalue weighted by atomic mass is 10.0. The van der Waals surface area contributed by atoms with Gasteiger partial charge in [-0.25, -0.2) is 4.39 Å². The monoisotopic (exact) mass is 217 g/mol. The summed E-state index contributed by atoms with van der Waals surface area (Å²) in [5.41, 5.74) is 0.778. The molecule has 0 saturated carbocycles. The van der Waals surface area contributed by atoms with Gasteiger partial charge in [-0.05, 0) is 31.9 Å². The van der Waals surface area contributed by atoms with Gasteiger partial charge in [0.05, 0.1) is 18.5 Å². The molecule has 15 heavy (non-hydrogen) atoms. The number of halogens is 1. The van der Waals surface area contributed by atoms with Gasteiger partial charge in [0.2, 0.25) is 0 Å². The first-order chi connectivity index (χ1) is 7.21. The summed E-state index contributed by atoms with van der Waals surface area (Å²) in [6, 6.07) is -0.00319. The summed E-state index contributed by atoms with van der Waals surface area (Å²) in [6.45, 7) is 9.59. The molecule has 0 aromatic heterocycles. The Labute approximate surface area is 92.9 Å². The van der Waals surface area contributed by atoms with E-state index in [-0.39, 0.29) is 12.1 Å². The van der Waals surface area contributed by atoms with Crippen molar-refractivity contribution in [3.63, 3.8) is 0 Å². The minimum atomic E-state index is -0.00319. The second kappa shape index (κ2) is 8.86. The van der Waals surface area contributed by atoms with Crippen LogP contribution in [0.4, 0.5) is 4.39 Å². The number of hydrogen-bond acceptors (Lipinski definition) is 2. The molecule has 0 aromatic carbocycles. The number of hydrogen-bond donors (Lipinski definition) is 1. The predicted octanol–water partition coefficient (Wildman–Crippen LogP) is 3.04. The van der Waals surface area contributed by atoms with E-state index >= 15 is 0 Å². The zero-order valence-corrected chi connectivity index (χ0v) is 10.3. The molecule has 1 N–H and O–H groups in total. The van der Waals surface area contributed by atoms with Crippen LogP contribution >= 0.6 is 0 Å². The summed E-state index contributed by atoms with van der Waals surface area (Å²) < 4.78 is 18.3. The molecule has 0 heterocycles. The first kappa shape index (κ1) is 14.6. The Morgan fingerprint density at radius 2 is 2.07 bits per heavy atom. The molecule has 0 fully saturated rings. The second-order valence-electron chi connectivity index (χ2n) is 3.65. The van der Waals surface area contributed by atoms with Crippen molar-refractivity contribution in [1.29, 1.82) is 0 Å². The predicted molar refractivity (Wildman–Crippen MR) is 62.7 cm³/mol. The van der Waals surface area contributed by atoms with Crippen molar-refractivity contribution >= 4 is 0 Å². The largest absolute Gasteiger partial charge is 0.377 e. The molecule has 0 radical (unpaired) electrons. The third kappa shape index (κ3) is 5.28. The van der Waals surface area contributed by atoms with Crippen LogP contribution in [0.3, 0.4) is 0 Å². The van der Waals surface area contributed by atoms with Crippen LogP contribution in [-0.4, -0.2) is 25.3 Å². The zero-order valence-electron chi connectivity index (χ0n) is 10.3. The van der Waals surface area contributed by atoms with E-state index in [4.69, 9.17) is 4.74 Å². The average molecular weight is 217 g/mol. The fourth-order valence-corrected chi connectivity index (χ4v) is 1.58. The molecule has 2 nitrogen and oxygen atoms in total.